The van der Waals surface area contributed by atoms with Gasteiger partial charge in [0, 0.05) is 6.42 Å². The average Bonchev–Trinajstić information content (AvgIpc) is 2.97. The van der Waals surface area contributed by atoms with Gasteiger partial charge in [0.2, 0.25) is 0 Å². The fourth-order valence-electron chi connectivity index (χ4n) is 3.35. The van der Waals surface area contributed by atoms with Gasteiger partial charge in [-0.2, -0.15) is 26.3 Å². The van der Waals surface area contributed by atoms with Gasteiger partial charge in [0.1, 0.15) is 6.10 Å². The molecular weight excluding hydrogens is 326 g/mol. The number of carbonyl (C=O) groups excluding carboxylic acids is 1. The summed E-state index contributed by atoms with van der Waals surface area (Å²) < 4.78 is 82.0. The number of rotatable bonds is 4. The molecule has 23 heavy (non-hydrogen) atoms. The normalized spacial score (nSPS) is 29.0. The monoisotopic (exact) mass is 344 g/mol. The first-order chi connectivity index (χ1) is 10.3. The van der Waals surface area contributed by atoms with Crippen LogP contribution in [0.5, 0.6) is 0 Å². The van der Waals surface area contributed by atoms with Crippen LogP contribution in [0.25, 0.3) is 0 Å². The summed E-state index contributed by atoms with van der Waals surface area (Å²) in [5.41, 5.74) is -3.91. The fourth-order valence-corrected chi connectivity index (χ4v) is 3.35. The van der Waals surface area contributed by atoms with Crippen molar-refractivity contribution in [3.8, 4) is 0 Å². The zero-order valence-electron chi connectivity index (χ0n) is 12.7. The molecule has 1 saturated carbocycles. The zero-order valence-corrected chi connectivity index (χ0v) is 12.7. The van der Waals surface area contributed by atoms with Crippen LogP contribution in [-0.2, 0) is 9.53 Å². The molecule has 4 unspecified atom stereocenters. The highest BCUT2D eigenvalue weighted by molar-refractivity contribution is 5.74. The van der Waals surface area contributed by atoms with E-state index in [9.17, 15) is 31.1 Å². The van der Waals surface area contributed by atoms with E-state index in [1.807, 2.05) is 12.2 Å². The topological polar surface area (TPSA) is 26.3 Å². The SMILES string of the molecule is CC(CC(C)(C(F)(F)F)C(F)(F)F)OC(=O)C1CC2C=CC1C2. The van der Waals surface area contributed by atoms with Gasteiger partial charge in [0.05, 0.1) is 5.92 Å². The summed E-state index contributed by atoms with van der Waals surface area (Å²) in [6, 6.07) is 0. The van der Waals surface area contributed by atoms with Crippen LogP contribution >= 0.6 is 0 Å². The van der Waals surface area contributed by atoms with Gasteiger partial charge in [-0.15, -0.1) is 0 Å². The molecule has 2 nitrogen and oxygen atoms in total. The van der Waals surface area contributed by atoms with Crippen molar-refractivity contribution in [2.45, 2.75) is 51.6 Å². The first kappa shape index (κ1) is 18.1. The Hall–Kier alpha value is -1.21. The molecule has 0 heterocycles. The Kier molecular flexibility index (Phi) is 4.50. The van der Waals surface area contributed by atoms with Crippen molar-refractivity contribution in [2.75, 3.05) is 0 Å². The number of halogens is 6. The van der Waals surface area contributed by atoms with Crippen LogP contribution in [0.15, 0.2) is 12.2 Å². The van der Waals surface area contributed by atoms with E-state index < -0.39 is 42.2 Å². The molecule has 0 aromatic rings. The largest absolute Gasteiger partial charge is 0.462 e. The van der Waals surface area contributed by atoms with E-state index in [0.29, 0.717) is 6.42 Å². The summed E-state index contributed by atoms with van der Waals surface area (Å²) >= 11 is 0. The maximum atomic E-state index is 12.9. The predicted molar refractivity (Wildman–Crippen MR) is 69.2 cm³/mol. The van der Waals surface area contributed by atoms with Crippen LogP contribution in [0.2, 0.25) is 0 Å². The van der Waals surface area contributed by atoms with Crippen LogP contribution in [0.4, 0.5) is 26.3 Å². The summed E-state index contributed by atoms with van der Waals surface area (Å²) in [5, 5.41) is 0. The Morgan fingerprint density at radius 3 is 2.09 bits per heavy atom. The number of ether oxygens (including phenoxy) is 1. The van der Waals surface area contributed by atoms with E-state index in [1.165, 1.54) is 0 Å². The molecule has 4 atom stereocenters. The highest BCUT2D eigenvalue weighted by atomic mass is 19.4. The molecular formula is C15H18F6O2. The summed E-state index contributed by atoms with van der Waals surface area (Å²) in [6.45, 7) is 1.16. The standard InChI is InChI=1S/C15H18F6O2/c1-8(7-13(2,14(16,17)18)15(19,20)21)23-12(22)11-6-9-3-4-10(11)5-9/h3-4,8-11H,5-7H2,1-2H3. The van der Waals surface area contributed by atoms with Gasteiger partial charge in [-0.3, -0.25) is 4.79 Å². The molecule has 0 radical (unpaired) electrons. The fraction of sp³-hybridized carbons (Fsp3) is 0.800. The van der Waals surface area contributed by atoms with Gasteiger partial charge in [-0.1, -0.05) is 12.2 Å². The minimum atomic E-state index is -5.47. The van der Waals surface area contributed by atoms with Crippen molar-refractivity contribution >= 4 is 5.97 Å². The van der Waals surface area contributed by atoms with Crippen molar-refractivity contribution in [2.24, 2.45) is 23.2 Å². The van der Waals surface area contributed by atoms with Crippen molar-refractivity contribution in [1.82, 2.24) is 0 Å². The quantitative estimate of drug-likeness (QED) is 0.421. The van der Waals surface area contributed by atoms with E-state index in [0.717, 1.165) is 13.3 Å². The van der Waals surface area contributed by atoms with E-state index in [-0.39, 0.29) is 18.8 Å². The number of carbonyl (C=O) groups is 1. The number of alkyl halides is 6. The maximum Gasteiger partial charge on any atom is 0.403 e. The van der Waals surface area contributed by atoms with Crippen molar-refractivity contribution in [3.63, 3.8) is 0 Å². The van der Waals surface area contributed by atoms with Crippen LogP contribution in [0.3, 0.4) is 0 Å². The van der Waals surface area contributed by atoms with Gasteiger partial charge in [0.15, 0.2) is 5.41 Å². The van der Waals surface area contributed by atoms with Gasteiger partial charge in [0.25, 0.3) is 0 Å². The second-order valence-electron chi connectivity index (χ2n) is 6.67. The van der Waals surface area contributed by atoms with Crippen LogP contribution in [-0.4, -0.2) is 24.4 Å². The van der Waals surface area contributed by atoms with Gasteiger partial charge >= 0.3 is 18.3 Å². The summed E-state index contributed by atoms with van der Waals surface area (Å²) in [5.74, 6) is -0.934. The van der Waals surface area contributed by atoms with Crippen molar-refractivity contribution in [3.05, 3.63) is 12.2 Å². The maximum absolute atomic E-state index is 12.9. The molecule has 0 N–H and O–H groups in total. The van der Waals surface area contributed by atoms with E-state index in [2.05, 4.69) is 0 Å². The third-order valence-corrected chi connectivity index (χ3v) is 4.85. The molecule has 0 spiro atoms. The molecule has 0 aromatic carbocycles. The first-order valence-electron chi connectivity index (χ1n) is 7.37. The average molecular weight is 344 g/mol. The Balaban J connectivity index is 2.01. The Morgan fingerprint density at radius 1 is 1.13 bits per heavy atom. The van der Waals surface area contributed by atoms with Gasteiger partial charge in [-0.25, -0.2) is 0 Å². The minimum Gasteiger partial charge on any atom is -0.462 e. The summed E-state index contributed by atoms with van der Waals surface area (Å²) in [6.07, 6.45) is -8.59. The molecule has 2 bridgehead atoms. The number of esters is 1. The Bertz CT molecular complexity index is 479. The van der Waals surface area contributed by atoms with Crippen molar-refractivity contribution in [1.29, 1.82) is 0 Å². The summed E-state index contributed by atoms with van der Waals surface area (Å²) in [4.78, 5) is 12.0. The predicted octanol–water partition coefficient (Wildman–Crippen LogP) is 4.65. The smallest absolute Gasteiger partial charge is 0.403 e. The molecule has 0 aliphatic heterocycles. The first-order valence-corrected chi connectivity index (χ1v) is 7.37. The molecule has 2 aliphatic rings. The lowest BCUT2D eigenvalue weighted by atomic mass is 9.83. The third kappa shape index (κ3) is 3.35. The number of allylic oxidation sites excluding steroid dienone is 2. The van der Waals surface area contributed by atoms with Crippen LogP contribution < -0.4 is 0 Å². The number of hydrogen-bond donors (Lipinski definition) is 0. The summed E-state index contributed by atoms with van der Waals surface area (Å²) in [7, 11) is 0. The lowest BCUT2D eigenvalue weighted by molar-refractivity contribution is -0.340. The van der Waals surface area contributed by atoms with Crippen LogP contribution in [0, 0.1) is 23.2 Å². The van der Waals surface area contributed by atoms with Gasteiger partial charge in [-0.05, 0) is 38.5 Å². The molecule has 1 fully saturated rings. The minimum absolute atomic E-state index is 0.0173. The lowest BCUT2D eigenvalue weighted by Gasteiger charge is -2.35. The highest BCUT2D eigenvalue weighted by Crippen LogP contribution is 2.53. The molecule has 2 rings (SSSR count). The van der Waals surface area contributed by atoms with E-state index in [4.69, 9.17) is 4.74 Å². The second-order valence-corrected chi connectivity index (χ2v) is 6.67. The van der Waals surface area contributed by atoms with E-state index >= 15 is 0 Å². The molecule has 8 heteroatoms. The zero-order chi connectivity index (χ0) is 17.6. The van der Waals surface area contributed by atoms with Gasteiger partial charge < -0.3 is 4.74 Å². The third-order valence-electron chi connectivity index (χ3n) is 4.85. The van der Waals surface area contributed by atoms with E-state index in [1.54, 1.807) is 0 Å². The molecule has 132 valence electrons. The highest BCUT2D eigenvalue weighted by Gasteiger charge is 2.67. The molecule has 0 saturated heterocycles. The molecule has 0 aromatic heterocycles. The number of hydrogen-bond acceptors (Lipinski definition) is 2. The second kappa shape index (κ2) is 5.70. The molecule has 2 aliphatic carbocycles. The Labute approximate surface area is 129 Å². The Morgan fingerprint density at radius 2 is 1.70 bits per heavy atom. The molecule has 0 amide bonds. The lowest BCUT2D eigenvalue weighted by Crippen LogP contribution is -2.49. The van der Waals surface area contributed by atoms with Crippen molar-refractivity contribution < 1.29 is 35.9 Å². The van der Waals surface area contributed by atoms with Crippen LogP contribution in [0.1, 0.15) is 33.1 Å². The number of fused-ring (bicyclic) bond motifs is 2.